The smallest absolute Gasteiger partial charge is 0.315 e. The molecule has 2 amide bonds. The molecule has 0 unspecified atom stereocenters. The lowest BCUT2D eigenvalue weighted by molar-refractivity contribution is 0.192. The number of carbonyl (C=O) groups is 1. The number of ether oxygens (including phenoxy) is 1. The highest BCUT2D eigenvalue weighted by atomic mass is 16.5. The van der Waals surface area contributed by atoms with Crippen molar-refractivity contribution in [2.24, 2.45) is 0 Å². The summed E-state index contributed by atoms with van der Waals surface area (Å²) >= 11 is 0. The quantitative estimate of drug-likeness (QED) is 0.724. The van der Waals surface area contributed by atoms with Gasteiger partial charge in [0.05, 0.1) is 5.69 Å². The molecule has 1 rings (SSSR count). The Hall–Kier alpha value is -1.56. The standard InChI is InChI=1S/C12H21N3O3/c1-9-11(10(2)18-15-9)8-14-12(16)13-6-4-5-7-17-3/h4-8H2,1-3H3,(H2,13,14,16). The Morgan fingerprint density at radius 2 is 2.11 bits per heavy atom. The van der Waals surface area contributed by atoms with Gasteiger partial charge in [-0.3, -0.25) is 0 Å². The predicted molar refractivity (Wildman–Crippen MR) is 67.3 cm³/mol. The fraction of sp³-hybridized carbons (Fsp3) is 0.667. The van der Waals surface area contributed by atoms with Gasteiger partial charge in [0, 0.05) is 32.4 Å². The van der Waals surface area contributed by atoms with E-state index in [9.17, 15) is 4.79 Å². The Balaban J connectivity index is 2.17. The van der Waals surface area contributed by atoms with Crippen LogP contribution in [0.3, 0.4) is 0 Å². The fourth-order valence-electron chi connectivity index (χ4n) is 1.56. The number of hydrogen-bond donors (Lipinski definition) is 2. The summed E-state index contributed by atoms with van der Waals surface area (Å²) in [4.78, 5) is 11.5. The number of urea groups is 1. The molecule has 0 saturated carbocycles. The number of aryl methyl sites for hydroxylation is 2. The first-order chi connectivity index (χ1) is 8.65. The molecule has 0 saturated heterocycles. The van der Waals surface area contributed by atoms with Crippen molar-refractivity contribution >= 4 is 6.03 Å². The maximum absolute atomic E-state index is 11.5. The van der Waals surface area contributed by atoms with E-state index in [0.717, 1.165) is 36.5 Å². The van der Waals surface area contributed by atoms with E-state index in [4.69, 9.17) is 9.26 Å². The molecule has 6 nitrogen and oxygen atoms in total. The van der Waals surface area contributed by atoms with Gasteiger partial charge in [-0.05, 0) is 26.7 Å². The number of rotatable bonds is 7. The third kappa shape index (κ3) is 4.75. The van der Waals surface area contributed by atoms with E-state index < -0.39 is 0 Å². The van der Waals surface area contributed by atoms with Crippen molar-refractivity contribution in [1.29, 1.82) is 0 Å². The average molecular weight is 255 g/mol. The number of aromatic nitrogens is 1. The molecule has 1 aromatic heterocycles. The maximum atomic E-state index is 11.5. The number of amides is 2. The molecule has 0 aromatic carbocycles. The molecule has 0 aliphatic rings. The maximum Gasteiger partial charge on any atom is 0.315 e. The van der Waals surface area contributed by atoms with Crippen LogP contribution >= 0.6 is 0 Å². The minimum absolute atomic E-state index is 0.174. The third-order valence-electron chi connectivity index (χ3n) is 2.67. The molecule has 0 spiro atoms. The van der Waals surface area contributed by atoms with Crippen molar-refractivity contribution in [2.45, 2.75) is 33.2 Å². The third-order valence-corrected chi connectivity index (χ3v) is 2.67. The van der Waals surface area contributed by atoms with E-state index in [1.165, 1.54) is 0 Å². The van der Waals surface area contributed by atoms with Crippen LogP contribution in [0, 0.1) is 13.8 Å². The van der Waals surface area contributed by atoms with E-state index in [0.29, 0.717) is 13.1 Å². The number of hydrogen-bond acceptors (Lipinski definition) is 4. The zero-order valence-electron chi connectivity index (χ0n) is 11.2. The van der Waals surface area contributed by atoms with Crippen LogP contribution in [-0.4, -0.2) is 31.4 Å². The van der Waals surface area contributed by atoms with E-state index in [1.807, 2.05) is 13.8 Å². The summed E-state index contributed by atoms with van der Waals surface area (Å²) in [6, 6.07) is -0.174. The van der Waals surface area contributed by atoms with Crippen LogP contribution in [0.15, 0.2) is 4.52 Å². The lowest BCUT2D eigenvalue weighted by Crippen LogP contribution is -2.35. The molecule has 0 radical (unpaired) electrons. The second-order valence-corrected chi connectivity index (χ2v) is 4.11. The highest BCUT2D eigenvalue weighted by molar-refractivity contribution is 5.73. The summed E-state index contributed by atoms with van der Waals surface area (Å²) < 4.78 is 9.94. The SMILES string of the molecule is COCCCCNC(=O)NCc1c(C)noc1C. The molecule has 0 aliphatic carbocycles. The summed E-state index contributed by atoms with van der Waals surface area (Å²) in [7, 11) is 1.67. The largest absolute Gasteiger partial charge is 0.385 e. The molecular formula is C12H21N3O3. The predicted octanol–water partition coefficient (Wildman–Crippen LogP) is 1.52. The van der Waals surface area contributed by atoms with Gasteiger partial charge in [-0.15, -0.1) is 0 Å². The molecule has 0 atom stereocenters. The van der Waals surface area contributed by atoms with Gasteiger partial charge >= 0.3 is 6.03 Å². The Kier molecular flexibility index (Phi) is 6.21. The van der Waals surface area contributed by atoms with Crippen LogP contribution in [0.25, 0.3) is 0 Å². The molecule has 1 aromatic rings. The lowest BCUT2D eigenvalue weighted by atomic mass is 10.2. The number of unbranched alkanes of at least 4 members (excludes halogenated alkanes) is 1. The number of methoxy groups -OCH3 is 1. The summed E-state index contributed by atoms with van der Waals surface area (Å²) in [5, 5.41) is 9.39. The number of nitrogens with zero attached hydrogens (tertiary/aromatic N) is 1. The zero-order chi connectivity index (χ0) is 13.4. The Labute approximate surface area is 107 Å². The Bertz CT molecular complexity index is 357. The van der Waals surface area contributed by atoms with Crippen LogP contribution in [-0.2, 0) is 11.3 Å². The summed E-state index contributed by atoms with van der Waals surface area (Å²) in [6.07, 6.45) is 1.85. The first-order valence-corrected chi connectivity index (χ1v) is 6.07. The lowest BCUT2D eigenvalue weighted by Gasteiger charge is -2.07. The van der Waals surface area contributed by atoms with E-state index in [2.05, 4.69) is 15.8 Å². The molecule has 6 heteroatoms. The van der Waals surface area contributed by atoms with Crippen molar-refractivity contribution in [3.8, 4) is 0 Å². The molecule has 2 N–H and O–H groups in total. The van der Waals surface area contributed by atoms with Gasteiger partial charge in [0.15, 0.2) is 0 Å². The van der Waals surface area contributed by atoms with Crippen molar-refractivity contribution < 1.29 is 14.1 Å². The van der Waals surface area contributed by atoms with E-state index >= 15 is 0 Å². The van der Waals surface area contributed by atoms with Crippen molar-refractivity contribution in [3.63, 3.8) is 0 Å². The van der Waals surface area contributed by atoms with E-state index in [-0.39, 0.29) is 6.03 Å². The van der Waals surface area contributed by atoms with Gasteiger partial charge < -0.3 is 19.9 Å². The summed E-state index contributed by atoms with van der Waals surface area (Å²) in [5.74, 6) is 0.743. The number of carbonyl (C=O) groups excluding carboxylic acids is 1. The second-order valence-electron chi connectivity index (χ2n) is 4.11. The van der Waals surface area contributed by atoms with Gasteiger partial charge in [-0.2, -0.15) is 0 Å². The van der Waals surface area contributed by atoms with Crippen LogP contribution in [0.2, 0.25) is 0 Å². The first-order valence-electron chi connectivity index (χ1n) is 6.07. The van der Waals surface area contributed by atoms with Crippen LogP contribution < -0.4 is 10.6 Å². The molecule has 102 valence electrons. The van der Waals surface area contributed by atoms with Crippen LogP contribution in [0.5, 0.6) is 0 Å². The number of nitrogens with one attached hydrogen (secondary N) is 2. The molecular weight excluding hydrogens is 234 g/mol. The Morgan fingerprint density at radius 1 is 1.33 bits per heavy atom. The second kappa shape index (κ2) is 7.71. The average Bonchev–Trinajstić information content (AvgIpc) is 2.66. The van der Waals surface area contributed by atoms with Gasteiger partial charge in [0.1, 0.15) is 5.76 Å². The summed E-state index contributed by atoms with van der Waals surface area (Å²) in [5.41, 5.74) is 1.75. The normalized spacial score (nSPS) is 10.4. The molecule has 18 heavy (non-hydrogen) atoms. The van der Waals surface area contributed by atoms with Gasteiger partial charge in [0.2, 0.25) is 0 Å². The molecule has 1 heterocycles. The monoisotopic (exact) mass is 255 g/mol. The highest BCUT2D eigenvalue weighted by Gasteiger charge is 2.09. The Morgan fingerprint density at radius 3 is 2.72 bits per heavy atom. The zero-order valence-corrected chi connectivity index (χ0v) is 11.2. The van der Waals surface area contributed by atoms with Gasteiger partial charge in [-0.25, -0.2) is 4.79 Å². The molecule has 0 bridgehead atoms. The molecule has 0 aliphatic heterocycles. The van der Waals surface area contributed by atoms with Crippen molar-refractivity contribution in [1.82, 2.24) is 15.8 Å². The van der Waals surface area contributed by atoms with E-state index in [1.54, 1.807) is 7.11 Å². The fourth-order valence-corrected chi connectivity index (χ4v) is 1.56. The van der Waals surface area contributed by atoms with Crippen LogP contribution in [0.4, 0.5) is 4.79 Å². The van der Waals surface area contributed by atoms with Crippen LogP contribution in [0.1, 0.15) is 29.9 Å². The highest BCUT2D eigenvalue weighted by Crippen LogP contribution is 2.11. The topological polar surface area (TPSA) is 76.4 Å². The van der Waals surface area contributed by atoms with Crippen molar-refractivity contribution in [3.05, 3.63) is 17.0 Å². The molecule has 0 fully saturated rings. The van der Waals surface area contributed by atoms with Crippen molar-refractivity contribution in [2.75, 3.05) is 20.3 Å². The van der Waals surface area contributed by atoms with Gasteiger partial charge in [0.25, 0.3) is 0 Å². The summed E-state index contributed by atoms with van der Waals surface area (Å²) in [6.45, 7) is 5.50. The first kappa shape index (κ1) is 14.5. The van der Waals surface area contributed by atoms with Gasteiger partial charge in [-0.1, -0.05) is 5.16 Å². The minimum atomic E-state index is -0.174. The minimum Gasteiger partial charge on any atom is -0.385 e.